The predicted octanol–water partition coefficient (Wildman–Crippen LogP) is 3.67. The Hall–Kier alpha value is -2.78. The van der Waals surface area contributed by atoms with E-state index in [0.29, 0.717) is 0 Å². The molecule has 32 heavy (non-hydrogen) atoms. The summed E-state index contributed by atoms with van der Waals surface area (Å²) in [5, 5.41) is 9.15. The molecule has 4 rings (SSSR count). The second-order valence-corrected chi connectivity index (χ2v) is 9.63. The van der Waals surface area contributed by atoms with Crippen molar-refractivity contribution >= 4 is 28.2 Å². The Kier molecular flexibility index (Phi) is 7.30. The summed E-state index contributed by atoms with van der Waals surface area (Å²) in [5.41, 5.74) is 5.16. The Bertz CT molecular complexity index is 1160. The molecule has 0 atom stereocenters. The first-order chi connectivity index (χ1) is 15.0. The smallest absolute Gasteiger partial charge is 0.265 e. The van der Waals surface area contributed by atoms with E-state index in [2.05, 4.69) is 4.98 Å². The molecule has 1 amide bonds. The van der Waals surface area contributed by atoms with E-state index < -0.39 is 20.5 Å². The van der Waals surface area contributed by atoms with Gasteiger partial charge in [0.25, 0.3) is 5.91 Å². The zero-order chi connectivity index (χ0) is 21.9. The van der Waals surface area contributed by atoms with Gasteiger partial charge in [-0.1, -0.05) is 42.5 Å². The highest BCUT2D eigenvalue weighted by atomic mass is 35.5. The average molecular weight is 475 g/mol. The maximum atomic E-state index is 13.3. The maximum absolute atomic E-state index is 13.3. The molecule has 1 saturated heterocycles. The van der Waals surface area contributed by atoms with Crippen LogP contribution in [0.5, 0.6) is 0 Å². The third-order valence-electron chi connectivity index (χ3n) is 5.67. The number of amides is 1. The van der Waals surface area contributed by atoms with Crippen LogP contribution in [-0.2, 0) is 19.4 Å². The second kappa shape index (κ2) is 9.79. The van der Waals surface area contributed by atoms with Crippen LogP contribution in [0.15, 0.2) is 77.8 Å². The predicted molar refractivity (Wildman–Crippen MR) is 122 cm³/mol. The summed E-state index contributed by atoms with van der Waals surface area (Å²) < 4.78 is 30.1. The minimum Gasteiger partial charge on any atom is -0.381 e. The Balaban J connectivity index is 0.00000289. The number of ether oxygens (including phenoxy) is 1. The standard InChI is InChI=1S/C23H22N2O5S.ClH/c26-22(25-27)23(12-15-30-16-13-23)31(28,29)20-10-8-18(9-11-20)17-4-6-19(7-5-17)21-3-1-2-14-24-21;/h1-11,14,27H,12-13,15-16H2,(H,25,26);1H. The molecule has 0 unspecified atom stereocenters. The topological polar surface area (TPSA) is 106 Å². The van der Waals surface area contributed by atoms with Crippen molar-refractivity contribution in [2.45, 2.75) is 22.5 Å². The lowest BCUT2D eigenvalue weighted by molar-refractivity contribution is -0.134. The third kappa shape index (κ3) is 4.27. The Morgan fingerprint density at radius 3 is 2.00 bits per heavy atom. The highest BCUT2D eigenvalue weighted by Crippen LogP contribution is 2.36. The van der Waals surface area contributed by atoms with Crippen LogP contribution in [0.1, 0.15) is 12.8 Å². The fourth-order valence-corrected chi connectivity index (χ4v) is 5.78. The van der Waals surface area contributed by atoms with E-state index in [0.717, 1.165) is 22.4 Å². The van der Waals surface area contributed by atoms with Crippen LogP contribution in [0, 0.1) is 0 Å². The Labute approximate surface area is 192 Å². The summed E-state index contributed by atoms with van der Waals surface area (Å²) in [6.45, 7) is 0.265. The van der Waals surface area contributed by atoms with Crippen LogP contribution in [0.3, 0.4) is 0 Å². The van der Waals surface area contributed by atoms with Crippen LogP contribution >= 0.6 is 12.4 Å². The largest absolute Gasteiger partial charge is 0.381 e. The van der Waals surface area contributed by atoms with Crippen LogP contribution < -0.4 is 5.48 Å². The molecule has 3 aromatic rings. The van der Waals surface area contributed by atoms with Crippen LogP contribution in [-0.4, -0.2) is 42.5 Å². The molecule has 1 aliphatic rings. The van der Waals surface area contributed by atoms with E-state index in [1.807, 2.05) is 42.5 Å². The lowest BCUT2D eigenvalue weighted by Crippen LogP contribution is -2.54. The maximum Gasteiger partial charge on any atom is 0.265 e. The van der Waals surface area contributed by atoms with Gasteiger partial charge >= 0.3 is 0 Å². The van der Waals surface area contributed by atoms with E-state index >= 15 is 0 Å². The van der Waals surface area contributed by atoms with Gasteiger partial charge in [0.05, 0.1) is 10.6 Å². The van der Waals surface area contributed by atoms with Gasteiger partial charge in [-0.05, 0) is 48.2 Å². The minimum absolute atomic E-state index is 0. The van der Waals surface area contributed by atoms with Crippen molar-refractivity contribution in [3.8, 4) is 22.4 Å². The van der Waals surface area contributed by atoms with Gasteiger partial charge in [0, 0.05) is 25.0 Å². The van der Waals surface area contributed by atoms with Crippen molar-refractivity contribution < 1.29 is 23.2 Å². The number of aromatic nitrogens is 1. The molecule has 2 aromatic carbocycles. The van der Waals surface area contributed by atoms with Crippen molar-refractivity contribution in [3.63, 3.8) is 0 Å². The molecule has 7 nitrogen and oxygen atoms in total. The lowest BCUT2D eigenvalue weighted by Gasteiger charge is -2.34. The van der Waals surface area contributed by atoms with Gasteiger partial charge in [-0.3, -0.25) is 15.0 Å². The fraction of sp³-hybridized carbons (Fsp3) is 0.217. The number of pyridine rings is 1. The first-order valence-corrected chi connectivity index (χ1v) is 11.4. The molecule has 9 heteroatoms. The number of hydrogen-bond donors (Lipinski definition) is 2. The molecule has 2 heterocycles. The fourth-order valence-electron chi connectivity index (χ4n) is 3.84. The Morgan fingerprint density at radius 1 is 0.906 bits per heavy atom. The van der Waals surface area contributed by atoms with E-state index in [4.69, 9.17) is 9.94 Å². The summed E-state index contributed by atoms with van der Waals surface area (Å²) in [5.74, 6) is -0.926. The van der Waals surface area contributed by atoms with E-state index in [9.17, 15) is 13.2 Å². The number of carbonyl (C=O) groups excluding carboxylic acids is 1. The molecule has 1 aliphatic heterocycles. The zero-order valence-corrected chi connectivity index (χ0v) is 18.7. The van der Waals surface area contributed by atoms with Gasteiger partial charge in [0.1, 0.15) is 0 Å². The first kappa shape index (κ1) is 23.9. The number of nitrogens with zero attached hydrogens (tertiary/aromatic N) is 1. The highest BCUT2D eigenvalue weighted by Gasteiger charge is 2.52. The van der Waals surface area contributed by atoms with Crippen molar-refractivity contribution in [2.75, 3.05) is 13.2 Å². The number of nitrogens with one attached hydrogen (secondary N) is 1. The summed E-state index contributed by atoms with van der Waals surface area (Å²) in [6.07, 6.45) is 1.71. The van der Waals surface area contributed by atoms with Crippen LogP contribution in [0.2, 0.25) is 0 Å². The number of sulfone groups is 1. The number of halogens is 1. The molecule has 0 spiro atoms. The van der Waals surface area contributed by atoms with Gasteiger partial charge in [0.2, 0.25) is 0 Å². The van der Waals surface area contributed by atoms with Crippen molar-refractivity contribution in [1.29, 1.82) is 0 Å². The number of hydroxylamine groups is 1. The molecular formula is C23H23ClN2O5S. The number of benzene rings is 2. The van der Waals surface area contributed by atoms with Crippen molar-refractivity contribution in [2.24, 2.45) is 0 Å². The molecule has 2 N–H and O–H groups in total. The molecule has 0 bridgehead atoms. The molecule has 168 valence electrons. The van der Waals surface area contributed by atoms with Gasteiger partial charge in [0.15, 0.2) is 14.6 Å². The summed E-state index contributed by atoms with van der Waals surface area (Å²) >= 11 is 0. The zero-order valence-electron chi connectivity index (χ0n) is 17.1. The van der Waals surface area contributed by atoms with Crippen molar-refractivity contribution in [1.82, 2.24) is 10.5 Å². The monoisotopic (exact) mass is 474 g/mol. The van der Waals surface area contributed by atoms with E-state index in [1.165, 1.54) is 17.6 Å². The van der Waals surface area contributed by atoms with Gasteiger partial charge in [-0.25, -0.2) is 13.9 Å². The van der Waals surface area contributed by atoms with Crippen molar-refractivity contribution in [3.05, 3.63) is 72.9 Å². The molecule has 0 radical (unpaired) electrons. The number of carbonyl (C=O) groups is 1. The minimum atomic E-state index is -4.04. The van der Waals surface area contributed by atoms with Gasteiger partial charge < -0.3 is 4.74 Å². The second-order valence-electron chi connectivity index (χ2n) is 7.37. The highest BCUT2D eigenvalue weighted by molar-refractivity contribution is 7.93. The molecule has 1 fully saturated rings. The van der Waals surface area contributed by atoms with Gasteiger partial charge in [-0.2, -0.15) is 0 Å². The van der Waals surface area contributed by atoms with Crippen LogP contribution in [0.4, 0.5) is 0 Å². The summed E-state index contributed by atoms with van der Waals surface area (Å²) in [6, 6.07) is 20.0. The third-order valence-corrected chi connectivity index (χ3v) is 8.19. The normalized spacial score (nSPS) is 15.4. The SMILES string of the molecule is Cl.O=C(NO)C1(S(=O)(=O)c2ccc(-c3ccc(-c4ccccn4)cc3)cc2)CCOCC1. The molecule has 1 aromatic heterocycles. The lowest BCUT2D eigenvalue weighted by atomic mass is 9.98. The van der Waals surface area contributed by atoms with E-state index in [-0.39, 0.29) is 43.4 Å². The molecule has 0 aliphatic carbocycles. The summed E-state index contributed by atoms with van der Waals surface area (Å²) in [4.78, 5) is 16.7. The summed E-state index contributed by atoms with van der Waals surface area (Å²) in [7, 11) is -4.04. The molecule has 0 saturated carbocycles. The number of rotatable bonds is 5. The van der Waals surface area contributed by atoms with Gasteiger partial charge in [-0.15, -0.1) is 12.4 Å². The van der Waals surface area contributed by atoms with E-state index in [1.54, 1.807) is 18.3 Å². The number of hydrogen-bond acceptors (Lipinski definition) is 6. The van der Waals surface area contributed by atoms with Crippen LogP contribution in [0.25, 0.3) is 22.4 Å². The molecular weight excluding hydrogens is 452 g/mol. The average Bonchev–Trinajstić information content (AvgIpc) is 2.84. The quantitative estimate of drug-likeness (QED) is 0.431. The Morgan fingerprint density at radius 2 is 1.47 bits per heavy atom. The first-order valence-electron chi connectivity index (χ1n) is 9.87.